The molecule has 0 aliphatic rings. The molecule has 13 nitrogen and oxygen atoms in total. The number of aryl methyl sites for hydroxylation is 2. The van der Waals surface area contributed by atoms with Gasteiger partial charge in [0, 0.05) is 18.4 Å². The third-order valence-corrected chi connectivity index (χ3v) is 5.80. The van der Waals surface area contributed by atoms with Crippen molar-refractivity contribution in [3.05, 3.63) is 34.9 Å². The molecule has 3 heterocycles. The van der Waals surface area contributed by atoms with Crippen LogP contribution in [-0.4, -0.2) is 69.4 Å². The van der Waals surface area contributed by atoms with Crippen LogP contribution in [0.2, 0.25) is 0 Å². The van der Waals surface area contributed by atoms with E-state index < -0.39 is 24.3 Å². The minimum absolute atomic E-state index is 0.0147. The molecule has 0 N–H and O–H groups in total. The van der Waals surface area contributed by atoms with Crippen molar-refractivity contribution in [2.45, 2.75) is 37.8 Å². The third-order valence-electron chi connectivity index (χ3n) is 4.44. The Balaban J connectivity index is 1.96. The summed E-state index contributed by atoms with van der Waals surface area (Å²) in [5.74, 6) is 0.799. The van der Waals surface area contributed by atoms with E-state index in [2.05, 4.69) is 35.9 Å². The standard InChI is InChI=1S/C18H21F3N10O3S2/c1-5-33-17(32)34-10(2)31(16-24-26-28-29(16)3)15(35)11-6-7-13(18(19,20)21)22-12(11)8-36-9-14-23-27-30(4)25-14/h6-7,10H,5,8-9H2,1-4H3. The number of aromatic nitrogens is 9. The van der Waals surface area contributed by atoms with Gasteiger partial charge in [-0.15, -0.1) is 22.0 Å². The molecule has 3 aromatic rings. The Morgan fingerprint density at radius 1 is 1.22 bits per heavy atom. The van der Waals surface area contributed by atoms with Crippen LogP contribution in [-0.2, 0) is 41.3 Å². The van der Waals surface area contributed by atoms with Gasteiger partial charge in [-0.25, -0.2) is 14.5 Å². The van der Waals surface area contributed by atoms with Crippen LogP contribution >= 0.6 is 24.0 Å². The number of thiocarbonyl (C=S) groups is 1. The molecule has 0 saturated carbocycles. The Kier molecular flexibility index (Phi) is 8.72. The maximum Gasteiger partial charge on any atom is 0.510 e. The zero-order chi connectivity index (χ0) is 26.5. The van der Waals surface area contributed by atoms with Crippen LogP contribution in [0.25, 0.3) is 0 Å². The summed E-state index contributed by atoms with van der Waals surface area (Å²) in [4.78, 5) is 18.3. The van der Waals surface area contributed by atoms with Crippen molar-refractivity contribution in [2.24, 2.45) is 14.1 Å². The Morgan fingerprint density at radius 2 is 1.97 bits per heavy atom. The molecule has 0 fully saturated rings. The molecule has 3 rings (SSSR count). The molecule has 0 aliphatic heterocycles. The average Bonchev–Trinajstić information content (AvgIpc) is 3.41. The van der Waals surface area contributed by atoms with Crippen molar-refractivity contribution in [1.29, 1.82) is 0 Å². The van der Waals surface area contributed by atoms with Crippen LogP contribution in [0, 0.1) is 0 Å². The summed E-state index contributed by atoms with van der Waals surface area (Å²) in [5, 5.41) is 22.9. The van der Waals surface area contributed by atoms with E-state index in [0.29, 0.717) is 5.82 Å². The SMILES string of the molecule is CCOC(=O)OC(C)N(C(=S)c1ccc(C(F)(F)F)nc1CSCc1nnn(C)n1)c1nnnn1C. The normalized spacial score (nSPS) is 12.3. The number of rotatable bonds is 9. The van der Waals surface area contributed by atoms with E-state index in [1.165, 1.54) is 46.2 Å². The summed E-state index contributed by atoms with van der Waals surface area (Å²) in [5.41, 5.74) is -0.836. The lowest BCUT2D eigenvalue weighted by Gasteiger charge is -2.29. The van der Waals surface area contributed by atoms with Gasteiger partial charge in [0.1, 0.15) is 10.7 Å². The van der Waals surface area contributed by atoms with E-state index in [-0.39, 0.29) is 40.3 Å². The van der Waals surface area contributed by atoms with Crippen molar-refractivity contribution in [3.8, 4) is 0 Å². The highest BCUT2D eigenvalue weighted by Crippen LogP contribution is 2.30. The van der Waals surface area contributed by atoms with E-state index in [0.717, 1.165) is 6.07 Å². The lowest BCUT2D eigenvalue weighted by atomic mass is 10.1. The van der Waals surface area contributed by atoms with Crippen molar-refractivity contribution in [1.82, 2.24) is 45.4 Å². The van der Waals surface area contributed by atoms with Crippen LogP contribution in [0.5, 0.6) is 0 Å². The molecule has 36 heavy (non-hydrogen) atoms. The summed E-state index contributed by atoms with van der Waals surface area (Å²) < 4.78 is 51.6. The maximum atomic E-state index is 13.4. The fourth-order valence-electron chi connectivity index (χ4n) is 2.91. The van der Waals surface area contributed by atoms with Gasteiger partial charge in [-0.2, -0.15) is 18.0 Å². The van der Waals surface area contributed by atoms with E-state index >= 15 is 0 Å². The van der Waals surface area contributed by atoms with Crippen LogP contribution in [0.15, 0.2) is 12.1 Å². The van der Waals surface area contributed by atoms with E-state index in [9.17, 15) is 18.0 Å². The molecule has 1 unspecified atom stereocenters. The van der Waals surface area contributed by atoms with Gasteiger partial charge in [-0.3, -0.25) is 4.90 Å². The second-order valence-electron chi connectivity index (χ2n) is 7.05. The molecule has 0 saturated heterocycles. The van der Waals surface area contributed by atoms with Gasteiger partial charge in [0.15, 0.2) is 12.1 Å². The quantitative estimate of drug-likeness (QED) is 0.220. The summed E-state index contributed by atoms with van der Waals surface area (Å²) in [6, 6.07) is 2.03. The number of alkyl halides is 3. The summed E-state index contributed by atoms with van der Waals surface area (Å²) in [6.45, 7) is 3.17. The van der Waals surface area contributed by atoms with E-state index in [1.807, 2.05) is 0 Å². The number of ether oxygens (including phenoxy) is 2. The fourth-order valence-corrected chi connectivity index (χ4v) is 4.13. The van der Waals surface area contributed by atoms with Gasteiger partial charge < -0.3 is 9.47 Å². The third kappa shape index (κ3) is 6.62. The number of tetrazole rings is 2. The second kappa shape index (κ2) is 11.5. The molecule has 18 heteroatoms. The molecule has 0 spiro atoms. The zero-order valence-electron chi connectivity index (χ0n) is 19.5. The number of anilines is 1. The number of carbonyl (C=O) groups excluding carboxylic acids is 1. The molecule has 0 bridgehead atoms. The summed E-state index contributed by atoms with van der Waals surface area (Å²) in [7, 11) is 3.12. The molecule has 3 aromatic heterocycles. The number of nitrogens with zero attached hydrogens (tertiary/aromatic N) is 10. The molecular weight excluding hydrogens is 525 g/mol. The monoisotopic (exact) mass is 546 g/mol. The minimum Gasteiger partial charge on any atom is -0.435 e. The highest BCUT2D eigenvalue weighted by atomic mass is 32.2. The molecular formula is C18H21F3N10O3S2. The predicted molar refractivity (Wildman–Crippen MR) is 124 cm³/mol. The summed E-state index contributed by atoms with van der Waals surface area (Å²) >= 11 is 6.86. The van der Waals surface area contributed by atoms with E-state index in [4.69, 9.17) is 21.7 Å². The number of hydrogen-bond acceptors (Lipinski definition) is 12. The highest BCUT2D eigenvalue weighted by molar-refractivity contribution is 7.97. The second-order valence-corrected chi connectivity index (χ2v) is 8.43. The molecule has 1 atom stereocenters. The number of halogens is 3. The first-order valence-electron chi connectivity index (χ1n) is 10.3. The number of thioether (sulfide) groups is 1. The minimum atomic E-state index is -4.67. The Hall–Kier alpha value is -3.41. The number of pyridine rings is 1. The van der Waals surface area contributed by atoms with Crippen LogP contribution in [0.1, 0.15) is 36.6 Å². The van der Waals surface area contributed by atoms with Crippen molar-refractivity contribution >= 4 is 41.1 Å². The Bertz CT molecular complexity index is 1220. The van der Waals surface area contributed by atoms with Crippen molar-refractivity contribution in [2.75, 3.05) is 11.5 Å². The molecule has 0 radical (unpaired) electrons. The average molecular weight is 547 g/mol. The lowest BCUT2D eigenvalue weighted by Crippen LogP contribution is -2.43. The van der Waals surface area contributed by atoms with Gasteiger partial charge in [0.25, 0.3) is 5.95 Å². The highest BCUT2D eigenvalue weighted by Gasteiger charge is 2.35. The van der Waals surface area contributed by atoms with Crippen molar-refractivity contribution in [3.63, 3.8) is 0 Å². The van der Waals surface area contributed by atoms with Gasteiger partial charge in [-0.1, -0.05) is 17.3 Å². The van der Waals surface area contributed by atoms with Crippen LogP contribution < -0.4 is 4.90 Å². The van der Waals surface area contributed by atoms with Gasteiger partial charge >= 0.3 is 12.3 Å². The van der Waals surface area contributed by atoms with Gasteiger partial charge in [0.05, 0.1) is 25.1 Å². The smallest absolute Gasteiger partial charge is 0.435 e. The number of hydrogen-bond donors (Lipinski definition) is 0. The largest absolute Gasteiger partial charge is 0.510 e. The van der Waals surface area contributed by atoms with Crippen LogP contribution in [0.4, 0.5) is 23.9 Å². The Morgan fingerprint density at radius 3 is 2.56 bits per heavy atom. The van der Waals surface area contributed by atoms with Crippen molar-refractivity contribution < 1.29 is 27.4 Å². The first kappa shape index (κ1) is 27.2. The predicted octanol–water partition coefficient (Wildman–Crippen LogP) is 2.28. The van der Waals surface area contributed by atoms with E-state index in [1.54, 1.807) is 14.0 Å². The van der Waals surface area contributed by atoms with Gasteiger partial charge in [0.2, 0.25) is 0 Å². The Labute approximate surface area is 212 Å². The van der Waals surface area contributed by atoms with Gasteiger partial charge in [-0.05, 0) is 41.6 Å². The molecule has 0 aliphatic carbocycles. The molecule has 194 valence electrons. The maximum absolute atomic E-state index is 13.4. The lowest BCUT2D eigenvalue weighted by molar-refractivity contribution is -0.141. The molecule has 0 amide bonds. The number of carbonyl (C=O) groups is 1. The first-order valence-corrected chi connectivity index (χ1v) is 11.8. The molecule has 0 aromatic carbocycles. The topological polar surface area (TPSA) is 139 Å². The fraction of sp³-hybridized carbons (Fsp3) is 0.500. The summed E-state index contributed by atoms with van der Waals surface area (Å²) in [6.07, 6.45) is -6.71. The first-order chi connectivity index (χ1) is 17.0. The van der Waals surface area contributed by atoms with Crippen LogP contribution in [0.3, 0.4) is 0 Å². The zero-order valence-corrected chi connectivity index (χ0v) is 21.1.